The first-order valence-electron chi connectivity index (χ1n) is 9.76. The maximum absolute atomic E-state index is 13.1. The lowest BCUT2D eigenvalue weighted by atomic mass is 9.97. The van der Waals surface area contributed by atoms with E-state index in [1.807, 2.05) is 35.3 Å². The summed E-state index contributed by atoms with van der Waals surface area (Å²) in [5.41, 5.74) is 6.22. The molecule has 0 aliphatic carbocycles. The molecule has 2 aromatic rings. The number of furan rings is 2. The van der Waals surface area contributed by atoms with Crippen LogP contribution in [0.1, 0.15) is 36.8 Å². The fourth-order valence-corrected chi connectivity index (χ4v) is 3.83. The van der Waals surface area contributed by atoms with Crippen LogP contribution in [0.3, 0.4) is 0 Å². The number of hydrogen-bond acceptors (Lipinski definition) is 6. The first-order chi connectivity index (χ1) is 14.1. The van der Waals surface area contributed by atoms with Crippen molar-refractivity contribution < 1.29 is 18.4 Å². The SMILES string of the molecule is NC(=O)C1CCCN(CC(=O)N2N=C(/C=C/c3ccco3)CC2c2ccco2)C1. The molecule has 4 rings (SSSR count). The van der Waals surface area contributed by atoms with E-state index >= 15 is 0 Å². The number of primary amides is 1. The van der Waals surface area contributed by atoms with Crippen LogP contribution in [0, 0.1) is 5.92 Å². The van der Waals surface area contributed by atoms with Crippen molar-refractivity contribution in [1.29, 1.82) is 0 Å². The largest absolute Gasteiger partial charge is 0.467 e. The highest BCUT2D eigenvalue weighted by Gasteiger charge is 2.35. The van der Waals surface area contributed by atoms with Gasteiger partial charge in [-0.15, -0.1) is 0 Å². The average molecular weight is 396 g/mol. The van der Waals surface area contributed by atoms with Gasteiger partial charge in [0.25, 0.3) is 5.91 Å². The van der Waals surface area contributed by atoms with Gasteiger partial charge in [-0.3, -0.25) is 14.5 Å². The van der Waals surface area contributed by atoms with Crippen LogP contribution in [0.5, 0.6) is 0 Å². The number of hydrogen-bond donors (Lipinski definition) is 1. The van der Waals surface area contributed by atoms with Crippen molar-refractivity contribution in [3.05, 3.63) is 54.4 Å². The van der Waals surface area contributed by atoms with E-state index in [9.17, 15) is 9.59 Å². The lowest BCUT2D eigenvalue weighted by molar-refractivity contribution is -0.136. The van der Waals surface area contributed by atoms with E-state index in [0.717, 1.165) is 30.9 Å². The van der Waals surface area contributed by atoms with Crippen molar-refractivity contribution in [1.82, 2.24) is 9.91 Å². The molecule has 2 aliphatic rings. The van der Waals surface area contributed by atoms with E-state index in [-0.39, 0.29) is 30.3 Å². The third-order valence-electron chi connectivity index (χ3n) is 5.31. The van der Waals surface area contributed by atoms with Crippen molar-refractivity contribution in [3.63, 3.8) is 0 Å². The Labute approximate surface area is 168 Å². The average Bonchev–Trinajstić information content (AvgIpc) is 3.47. The Bertz CT molecular complexity index is 901. The maximum atomic E-state index is 13.1. The molecule has 1 saturated heterocycles. The van der Waals surface area contributed by atoms with Crippen molar-refractivity contribution in [2.45, 2.75) is 25.3 Å². The summed E-state index contributed by atoms with van der Waals surface area (Å²) in [5, 5.41) is 6.03. The van der Waals surface area contributed by atoms with Gasteiger partial charge in [-0.2, -0.15) is 5.10 Å². The maximum Gasteiger partial charge on any atom is 0.257 e. The Hall–Kier alpha value is -3.13. The highest BCUT2D eigenvalue weighted by Crippen LogP contribution is 2.32. The van der Waals surface area contributed by atoms with Gasteiger partial charge in [-0.05, 0) is 55.8 Å². The van der Waals surface area contributed by atoms with Crippen molar-refractivity contribution in [3.8, 4) is 0 Å². The highest BCUT2D eigenvalue weighted by molar-refractivity contribution is 6.01. The molecule has 1 fully saturated rings. The van der Waals surface area contributed by atoms with Crippen molar-refractivity contribution in [2.75, 3.05) is 19.6 Å². The number of nitrogens with two attached hydrogens (primary N) is 1. The molecule has 152 valence electrons. The molecule has 29 heavy (non-hydrogen) atoms. The Morgan fingerprint density at radius 2 is 2.03 bits per heavy atom. The molecule has 0 spiro atoms. The van der Waals surface area contributed by atoms with Crippen LogP contribution in [0.4, 0.5) is 0 Å². The van der Waals surface area contributed by atoms with Gasteiger partial charge < -0.3 is 14.6 Å². The summed E-state index contributed by atoms with van der Waals surface area (Å²) in [5.74, 6) is 0.777. The minimum Gasteiger partial charge on any atom is -0.467 e. The number of nitrogens with zero attached hydrogens (tertiary/aromatic N) is 3. The summed E-state index contributed by atoms with van der Waals surface area (Å²) in [6, 6.07) is 7.03. The molecule has 0 bridgehead atoms. The summed E-state index contributed by atoms with van der Waals surface area (Å²) in [6.07, 6.45) is 9.06. The zero-order valence-corrected chi connectivity index (χ0v) is 16.1. The lowest BCUT2D eigenvalue weighted by Gasteiger charge is -2.31. The van der Waals surface area contributed by atoms with Gasteiger partial charge in [0.1, 0.15) is 17.6 Å². The minimum atomic E-state index is -0.305. The molecule has 2 N–H and O–H groups in total. The second-order valence-corrected chi connectivity index (χ2v) is 7.39. The molecular formula is C21H24N4O4. The lowest BCUT2D eigenvalue weighted by Crippen LogP contribution is -2.45. The van der Waals surface area contributed by atoms with Crippen LogP contribution in [0.2, 0.25) is 0 Å². The van der Waals surface area contributed by atoms with Gasteiger partial charge in [-0.25, -0.2) is 5.01 Å². The number of hydrazone groups is 1. The summed E-state index contributed by atoms with van der Waals surface area (Å²) in [4.78, 5) is 26.5. The number of piperidine rings is 1. The Morgan fingerprint density at radius 3 is 2.76 bits per heavy atom. The molecule has 8 nitrogen and oxygen atoms in total. The molecule has 2 aliphatic heterocycles. The second-order valence-electron chi connectivity index (χ2n) is 7.39. The molecule has 0 radical (unpaired) electrons. The van der Waals surface area contributed by atoms with Gasteiger partial charge in [0.2, 0.25) is 5.91 Å². The number of carbonyl (C=O) groups excluding carboxylic acids is 2. The molecule has 2 amide bonds. The van der Waals surface area contributed by atoms with E-state index < -0.39 is 0 Å². The van der Waals surface area contributed by atoms with Gasteiger partial charge >= 0.3 is 0 Å². The standard InChI is InChI=1S/C21H24N4O4/c22-21(27)15-4-1-9-24(13-15)14-20(26)25-18(19-6-3-11-29-19)12-16(23-25)7-8-17-5-2-10-28-17/h2-3,5-8,10-11,15,18H,1,4,9,12-14H2,(H2,22,27)/b8-7+. The summed E-state index contributed by atoms with van der Waals surface area (Å²) >= 11 is 0. The van der Waals surface area contributed by atoms with E-state index in [0.29, 0.717) is 18.7 Å². The number of allylic oxidation sites excluding steroid dienone is 1. The highest BCUT2D eigenvalue weighted by atomic mass is 16.3. The van der Waals surface area contributed by atoms with E-state index in [1.54, 1.807) is 18.6 Å². The normalized spacial score (nSPS) is 22.9. The van der Waals surface area contributed by atoms with Gasteiger partial charge in [0.15, 0.2) is 0 Å². The molecule has 2 unspecified atom stereocenters. The number of likely N-dealkylation sites (tertiary alicyclic amines) is 1. The predicted octanol–water partition coefficient (Wildman–Crippen LogP) is 2.41. The molecule has 0 aromatic carbocycles. The molecule has 4 heterocycles. The van der Waals surface area contributed by atoms with Gasteiger partial charge in [-0.1, -0.05) is 0 Å². The second kappa shape index (κ2) is 8.48. The van der Waals surface area contributed by atoms with Gasteiger partial charge in [0, 0.05) is 13.0 Å². The van der Waals surface area contributed by atoms with Crippen LogP contribution in [0.15, 0.2) is 56.8 Å². The topological polar surface area (TPSA) is 105 Å². The summed E-state index contributed by atoms with van der Waals surface area (Å²) in [7, 11) is 0. The van der Waals surface area contributed by atoms with Crippen LogP contribution in [-0.4, -0.2) is 47.1 Å². The summed E-state index contributed by atoms with van der Waals surface area (Å²) < 4.78 is 10.9. The summed E-state index contributed by atoms with van der Waals surface area (Å²) in [6.45, 7) is 1.47. The fourth-order valence-electron chi connectivity index (χ4n) is 3.83. The van der Waals surface area contributed by atoms with E-state index in [1.165, 1.54) is 5.01 Å². The van der Waals surface area contributed by atoms with Crippen LogP contribution in [0.25, 0.3) is 6.08 Å². The van der Waals surface area contributed by atoms with Crippen LogP contribution >= 0.6 is 0 Å². The van der Waals surface area contributed by atoms with Crippen molar-refractivity contribution in [2.24, 2.45) is 16.8 Å². The number of carbonyl (C=O) groups is 2. The van der Waals surface area contributed by atoms with E-state index in [4.69, 9.17) is 14.6 Å². The fraction of sp³-hybridized carbons (Fsp3) is 0.381. The zero-order valence-electron chi connectivity index (χ0n) is 16.1. The number of rotatable bonds is 6. The van der Waals surface area contributed by atoms with Crippen LogP contribution < -0.4 is 5.73 Å². The molecular weight excluding hydrogens is 372 g/mol. The quantitative estimate of drug-likeness (QED) is 0.807. The first-order valence-corrected chi connectivity index (χ1v) is 9.76. The molecule has 8 heteroatoms. The molecule has 2 atom stereocenters. The minimum absolute atomic E-state index is 0.127. The Morgan fingerprint density at radius 1 is 1.21 bits per heavy atom. The number of amides is 2. The monoisotopic (exact) mass is 396 g/mol. The Kier molecular flexibility index (Phi) is 5.62. The van der Waals surface area contributed by atoms with Gasteiger partial charge in [0.05, 0.1) is 30.7 Å². The smallest absolute Gasteiger partial charge is 0.257 e. The predicted molar refractivity (Wildman–Crippen MR) is 106 cm³/mol. The molecule has 2 aromatic heterocycles. The van der Waals surface area contributed by atoms with Crippen LogP contribution in [-0.2, 0) is 9.59 Å². The third-order valence-corrected chi connectivity index (χ3v) is 5.31. The first kappa shape index (κ1) is 19.2. The van der Waals surface area contributed by atoms with Crippen molar-refractivity contribution >= 4 is 23.6 Å². The molecule has 0 saturated carbocycles. The van der Waals surface area contributed by atoms with E-state index in [2.05, 4.69) is 5.10 Å². The third kappa shape index (κ3) is 4.48. The zero-order chi connectivity index (χ0) is 20.2. The Balaban J connectivity index is 1.48.